The highest BCUT2D eigenvalue weighted by atomic mass is 32.2. The summed E-state index contributed by atoms with van der Waals surface area (Å²) in [6.45, 7) is 3.04. The van der Waals surface area contributed by atoms with E-state index < -0.39 is 4.92 Å². The molecule has 1 saturated heterocycles. The highest BCUT2D eigenvalue weighted by molar-refractivity contribution is 8.00. The van der Waals surface area contributed by atoms with Crippen LogP contribution >= 0.6 is 11.8 Å². The van der Waals surface area contributed by atoms with Gasteiger partial charge in [0.25, 0.3) is 5.69 Å². The number of hydrogen-bond acceptors (Lipinski definition) is 5. The number of nitrogens with one attached hydrogen (secondary N) is 1. The van der Waals surface area contributed by atoms with Gasteiger partial charge in [-0.25, -0.2) is 0 Å². The number of nitrogens with zero attached hydrogens (tertiary/aromatic N) is 1. The Bertz CT molecular complexity index is 473. The van der Waals surface area contributed by atoms with Crippen LogP contribution in [0.2, 0.25) is 0 Å². The van der Waals surface area contributed by atoms with Crippen LogP contribution in [-0.4, -0.2) is 29.1 Å². The van der Waals surface area contributed by atoms with Crippen molar-refractivity contribution in [3.05, 3.63) is 28.3 Å². The Morgan fingerprint density at radius 3 is 2.89 bits per heavy atom. The molecular weight excluding hydrogens is 264 g/mol. The summed E-state index contributed by atoms with van der Waals surface area (Å²) >= 11 is 1.96. The summed E-state index contributed by atoms with van der Waals surface area (Å²) in [6, 6.07) is 4.76. The molecular formula is C13H18N2O3S. The number of nitro benzene ring substituents is 1. The molecule has 104 valence electrons. The SMILES string of the molecule is COc1cc(NCC2(C)CCCS2)cc([N+](=O)[O-])c1. The van der Waals surface area contributed by atoms with Crippen LogP contribution in [0, 0.1) is 10.1 Å². The van der Waals surface area contributed by atoms with Crippen LogP contribution in [-0.2, 0) is 0 Å². The predicted molar refractivity (Wildman–Crippen MR) is 78.2 cm³/mol. The fourth-order valence-corrected chi connectivity index (χ4v) is 3.42. The van der Waals surface area contributed by atoms with Crippen LogP contribution in [0.4, 0.5) is 11.4 Å². The van der Waals surface area contributed by atoms with Gasteiger partial charge in [0.2, 0.25) is 0 Å². The lowest BCUT2D eigenvalue weighted by molar-refractivity contribution is -0.384. The first kappa shape index (κ1) is 14.0. The average Bonchev–Trinajstić information content (AvgIpc) is 2.83. The second-order valence-electron chi connectivity index (χ2n) is 4.93. The zero-order valence-electron chi connectivity index (χ0n) is 11.1. The Kier molecular flexibility index (Phi) is 4.19. The van der Waals surface area contributed by atoms with E-state index in [0.29, 0.717) is 5.75 Å². The smallest absolute Gasteiger partial charge is 0.275 e. The number of benzene rings is 1. The first-order chi connectivity index (χ1) is 9.02. The van der Waals surface area contributed by atoms with Crippen LogP contribution in [0.1, 0.15) is 19.8 Å². The van der Waals surface area contributed by atoms with Crippen molar-refractivity contribution >= 4 is 23.1 Å². The maximum atomic E-state index is 10.9. The zero-order chi connectivity index (χ0) is 13.9. The van der Waals surface area contributed by atoms with Crippen LogP contribution in [0.3, 0.4) is 0 Å². The van der Waals surface area contributed by atoms with Crippen LogP contribution in [0.15, 0.2) is 18.2 Å². The molecule has 6 heteroatoms. The fourth-order valence-electron chi connectivity index (χ4n) is 2.17. The first-order valence-electron chi connectivity index (χ1n) is 6.24. The number of hydrogen-bond donors (Lipinski definition) is 1. The summed E-state index contributed by atoms with van der Waals surface area (Å²) in [5.74, 6) is 1.69. The quantitative estimate of drug-likeness (QED) is 0.663. The van der Waals surface area contributed by atoms with Gasteiger partial charge in [0.15, 0.2) is 0 Å². The number of rotatable bonds is 5. The van der Waals surface area contributed by atoms with Crippen LogP contribution in [0.5, 0.6) is 5.75 Å². The molecule has 0 bridgehead atoms. The molecule has 0 aliphatic carbocycles. The Morgan fingerprint density at radius 2 is 2.32 bits per heavy atom. The molecule has 1 N–H and O–H groups in total. The Morgan fingerprint density at radius 1 is 1.53 bits per heavy atom. The molecule has 0 amide bonds. The van der Waals surface area contributed by atoms with E-state index in [1.165, 1.54) is 31.8 Å². The van der Waals surface area contributed by atoms with Crippen molar-refractivity contribution in [3.63, 3.8) is 0 Å². The van der Waals surface area contributed by atoms with Crippen LogP contribution < -0.4 is 10.1 Å². The molecule has 19 heavy (non-hydrogen) atoms. The van der Waals surface area contributed by atoms with Crippen molar-refractivity contribution < 1.29 is 9.66 Å². The number of ether oxygens (including phenoxy) is 1. The molecule has 1 aromatic carbocycles. The minimum Gasteiger partial charge on any atom is -0.496 e. The van der Waals surface area contributed by atoms with Gasteiger partial charge in [-0.15, -0.1) is 0 Å². The first-order valence-corrected chi connectivity index (χ1v) is 7.22. The normalized spacial score (nSPS) is 22.2. The lowest BCUT2D eigenvalue weighted by atomic mass is 10.1. The van der Waals surface area contributed by atoms with Crippen LogP contribution in [0.25, 0.3) is 0 Å². The Hall–Kier alpha value is -1.43. The fraction of sp³-hybridized carbons (Fsp3) is 0.538. The average molecular weight is 282 g/mol. The second-order valence-corrected chi connectivity index (χ2v) is 6.61. The maximum absolute atomic E-state index is 10.9. The van der Waals surface area contributed by atoms with Gasteiger partial charge in [0.05, 0.1) is 18.1 Å². The number of nitro groups is 1. The molecule has 5 nitrogen and oxygen atoms in total. The molecule has 2 rings (SSSR count). The molecule has 0 radical (unpaired) electrons. The van der Waals surface area contributed by atoms with Crippen molar-refractivity contribution in [2.24, 2.45) is 0 Å². The monoisotopic (exact) mass is 282 g/mol. The lowest BCUT2D eigenvalue weighted by Crippen LogP contribution is -2.27. The van der Waals surface area contributed by atoms with E-state index >= 15 is 0 Å². The van der Waals surface area contributed by atoms with Crippen molar-refractivity contribution in [2.75, 3.05) is 24.7 Å². The molecule has 1 atom stereocenters. The van der Waals surface area contributed by atoms with E-state index in [1.807, 2.05) is 11.8 Å². The van der Waals surface area contributed by atoms with Gasteiger partial charge in [-0.1, -0.05) is 0 Å². The Balaban J connectivity index is 2.10. The zero-order valence-corrected chi connectivity index (χ0v) is 12.0. The molecule has 0 aromatic heterocycles. The van der Waals surface area contributed by atoms with Gasteiger partial charge in [-0.2, -0.15) is 11.8 Å². The van der Waals surface area contributed by atoms with Gasteiger partial charge in [0.1, 0.15) is 5.75 Å². The minimum atomic E-state index is -0.403. The summed E-state index contributed by atoms with van der Waals surface area (Å²) in [7, 11) is 1.51. The molecule has 1 aliphatic rings. The van der Waals surface area contributed by atoms with E-state index in [2.05, 4.69) is 12.2 Å². The topological polar surface area (TPSA) is 64.4 Å². The van der Waals surface area contributed by atoms with E-state index in [1.54, 1.807) is 12.1 Å². The van der Waals surface area contributed by atoms with Gasteiger partial charge in [-0.05, 0) is 25.5 Å². The highest BCUT2D eigenvalue weighted by Crippen LogP contribution is 2.38. The summed E-state index contributed by atoms with van der Waals surface area (Å²) in [5.41, 5.74) is 0.783. The Labute approximate surface area is 116 Å². The molecule has 0 spiro atoms. The van der Waals surface area contributed by atoms with Gasteiger partial charge in [-0.3, -0.25) is 10.1 Å². The number of methoxy groups -OCH3 is 1. The van der Waals surface area contributed by atoms with Crippen molar-refractivity contribution in [2.45, 2.75) is 24.5 Å². The van der Waals surface area contributed by atoms with E-state index in [9.17, 15) is 10.1 Å². The predicted octanol–water partition coefficient (Wildman–Crippen LogP) is 3.30. The van der Waals surface area contributed by atoms with Gasteiger partial charge < -0.3 is 10.1 Å². The van der Waals surface area contributed by atoms with Gasteiger partial charge in [0, 0.05) is 29.1 Å². The summed E-state index contributed by atoms with van der Waals surface area (Å²) in [4.78, 5) is 10.5. The standard InChI is InChI=1S/C13H18N2O3S/c1-13(4-3-5-19-13)9-14-10-6-11(15(16)17)8-12(7-10)18-2/h6-8,14H,3-5,9H2,1-2H3. The van der Waals surface area contributed by atoms with E-state index in [0.717, 1.165) is 12.2 Å². The molecule has 1 unspecified atom stereocenters. The van der Waals surface area contributed by atoms with E-state index in [4.69, 9.17) is 4.74 Å². The molecule has 1 fully saturated rings. The molecule has 1 heterocycles. The minimum absolute atomic E-state index is 0.0473. The maximum Gasteiger partial charge on any atom is 0.275 e. The number of non-ortho nitro benzene ring substituents is 1. The van der Waals surface area contributed by atoms with E-state index in [-0.39, 0.29) is 10.4 Å². The number of thioether (sulfide) groups is 1. The third kappa shape index (κ3) is 3.53. The summed E-state index contributed by atoms with van der Waals surface area (Å²) in [6.07, 6.45) is 2.41. The lowest BCUT2D eigenvalue weighted by Gasteiger charge is -2.23. The largest absolute Gasteiger partial charge is 0.496 e. The summed E-state index contributed by atoms with van der Waals surface area (Å²) in [5, 5.41) is 14.2. The molecule has 1 aromatic rings. The third-order valence-electron chi connectivity index (χ3n) is 3.30. The molecule has 0 saturated carbocycles. The van der Waals surface area contributed by atoms with Crippen molar-refractivity contribution in [1.29, 1.82) is 0 Å². The van der Waals surface area contributed by atoms with Crippen molar-refractivity contribution in [1.82, 2.24) is 0 Å². The van der Waals surface area contributed by atoms with Gasteiger partial charge >= 0.3 is 0 Å². The highest BCUT2D eigenvalue weighted by Gasteiger charge is 2.29. The third-order valence-corrected chi connectivity index (χ3v) is 4.84. The molecule has 1 aliphatic heterocycles. The second kappa shape index (κ2) is 5.69. The summed E-state index contributed by atoms with van der Waals surface area (Å²) < 4.78 is 5.31. The number of anilines is 1. The van der Waals surface area contributed by atoms with Crippen molar-refractivity contribution in [3.8, 4) is 5.75 Å².